The van der Waals surface area contributed by atoms with Gasteiger partial charge in [-0.1, -0.05) is 30.3 Å². The first-order valence-corrected chi connectivity index (χ1v) is 4.96. The maximum Gasteiger partial charge on any atom is 0.317 e. The molecular formula is C12H12N2O2. The van der Waals surface area contributed by atoms with Crippen LogP contribution in [0.3, 0.4) is 0 Å². The number of aromatic nitrogens is 2. The summed E-state index contributed by atoms with van der Waals surface area (Å²) in [5.41, 5.74) is 1.30. The fourth-order valence-corrected chi connectivity index (χ4v) is 1.67. The molecule has 2 aromatic rings. The van der Waals surface area contributed by atoms with Crippen LogP contribution in [-0.4, -0.2) is 20.9 Å². The Labute approximate surface area is 93.1 Å². The van der Waals surface area contributed by atoms with Gasteiger partial charge in [-0.15, -0.1) is 0 Å². The van der Waals surface area contributed by atoms with Gasteiger partial charge in [0.15, 0.2) is 0 Å². The first-order chi connectivity index (χ1) is 7.68. The molecule has 0 aliphatic heterocycles. The molecule has 0 saturated carbocycles. The first kappa shape index (κ1) is 10.4. The van der Waals surface area contributed by atoms with Crippen molar-refractivity contribution in [2.75, 3.05) is 0 Å². The van der Waals surface area contributed by atoms with Crippen molar-refractivity contribution in [3.63, 3.8) is 0 Å². The van der Waals surface area contributed by atoms with Gasteiger partial charge < -0.3 is 5.11 Å². The molecular weight excluding hydrogens is 204 g/mol. The van der Waals surface area contributed by atoms with E-state index in [2.05, 4.69) is 5.10 Å². The Morgan fingerprint density at radius 2 is 2.00 bits per heavy atom. The number of aliphatic carboxylic acids is 1. The van der Waals surface area contributed by atoms with Crippen LogP contribution < -0.4 is 0 Å². The molecule has 0 fully saturated rings. The molecule has 0 amide bonds. The number of nitrogens with zero attached hydrogens (tertiary/aromatic N) is 2. The number of hydrogen-bond acceptors (Lipinski definition) is 2. The molecule has 16 heavy (non-hydrogen) atoms. The van der Waals surface area contributed by atoms with Crippen LogP contribution in [0.2, 0.25) is 0 Å². The summed E-state index contributed by atoms with van der Waals surface area (Å²) in [6, 6.07) is 10.8. The Kier molecular flexibility index (Phi) is 2.72. The van der Waals surface area contributed by atoms with Crippen molar-refractivity contribution in [2.24, 2.45) is 7.05 Å². The van der Waals surface area contributed by atoms with Gasteiger partial charge in [0.2, 0.25) is 0 Å². The Bertz CT molecular complexity index is 491. The molecule has 0 spiro atoms. The zero-order valence-electron chi connectivity index (χ0n) is 8.87. The van der Waals surface area contributed by atoms with E-state index in [0.29, 0.717) is 5.69 Å². The van der Waals surface area contributed by atoms with Crippen molar-refractivity contribution < 1.29 is 9.90 Å². The third-order valence-corrected chi connectivity index (χ3v) is 2.41. The fraction of sp³-hybridized carbons (Fsp3) is 0.167. The quantitative estimate of drug-likeness (QED) is 0.848. The zero-order chi connectivity index (χ0) is 11.5. The lowest BCUT2D eigenvalue weighted by Crippen LogP contribution is -2.14. The Balaban J connectivity index is 2.43. The highest BCUT2D eigenvalue weighted by molar-refractivity contribution is 5.79. The van der Waals surface area contributed by atoms with E-state index >= 15 is 0 Å². The molecule has 0 saturated heterocycles. The highest BCUT2D eigenvalue weighted by Gasteiger charge is 2.23. The Morgan fingerprint density at radius 3 is 2.50 bits per heavy atom. The Morgan fingerprint density at radius 1 is 1.31 bits per heavy atom. The summed E-state index contributed by atoms with van der Waals surface area (Å²) in [5.74, 6) is -1.58. The molecule has 1 atom stereocenters. The minimum absolute atomic E-state index is 0.557. The molecule has 1 unspecified atom stereocenters. The third-order valence-electron chi connectivity index (χ3n) is 2.41. The maximum absolute atomic E-state index is 11.3. The summed E-state index contributed by atoms with van der Waals surface area (Å²) in [7, 11) is 1.77. The van der Waals surface area contributed by atoms with Crippen molar-refractivity contribution >= 4 is 5.97 Å². The van der Waals surface area contributed by atoms with Crippen LogP contribution in [0.25, 0.3) is 0 Å². The van der Waals surface area contributed by atoms with Crippen LogP contribution in [0.1, 0.15) is 17.2 Å². The van der Waals surface area contributed by atoms with E-state index in [-0.39, 0.29) is 0 Å². The molecule has 82 valence electrons. The number of rotatable bonds is 3. The van der Waals surface area contributed by atoms with Gasteiger partial charge in [-0.25, -0.2) is 0 Å². The molecule has 1 heterocycles. The predicted octanol–water partition coefficient (Wildman–Crippen LogP) is 1.64. The summed E-state index contributed by atoms with van der Waals surface area (Å²) in [5, 5.41) is 13.4. The lowest BCUT2D eigenvalue weighted by Gasteiger charge is -2.09. The third kappa shape index (κ3) is 1.95. The number of carboxylic acid groups (broad SMARTS) is 1. The van der Waals surface area contributed by atoms with Crippen LogP contribution >= 0.6 is 0 Å². The average molecular weight is 216 g/mol. The minimum Gasteiger partial charge on any atom is -0.480 e. The second-order valence-electron chi connectivity index (χ2n) is 3.60. The molecule has 1 aromatic heterocycles. The van der Waals surface area contributed by atoms with Crippen LogP contribution in [0.5, 0.6) is 0 Å². The van der Waals surface area contributed by atoms with E-state index in [1.807, 2.05) is 18.2 Å². The molecule has 0 aliphatic carbocycles. The van der Waals surface area contributed by atoms with Gasteiger partial charge in [0.25, 0.3) is 0 Å². The van der Waals surface area contributed by atoms with Crippen LogP contribution in [0.15, 0.2) is 42.6 Å². The lowest BCUT2D eigenvalue weighted by molar-refractivity contribution is -0.137. The van der Waals surface area contributed by atoms with Gasteiger partial charge >= 0.3 is 5.97 Å². The van der Waals surface area contributed by atoms with E-state index in [1.165, 1.54) is 0 Å². The van der Waals surface area contributed by atoms with E-state index < -0.39 is 11.9 Å². The second-order valence-corrected chi connectivity index (χ2v) is 3.60. The van der Waals surface area contributed by atoms with Crippen molar-refractivity contribution in [3.8, 4) is 0 Å². The molecule has 4 heteroatoms. The summed E-state index contributed by atoms with van der Waals surface area (Å²) in [4.78, 5) is 11.3. The van der Waals surface area contributed by atoms with Gasteiger partial charge in [-0.3, -0.25) is 9.48 Å². The highest BCUT2D eigenvalue weighted by Crippen LogP contribution is 2.22. The SMILES string of the molecule is Cn1ccc(C(C(=O)O)c2ccccc2)n1. The fourth-order valence-electron chi connectivity index (χ4n) is 1.67. The topological polar surface area (TPSA) is 55.1 Å². The number of benzene rings is 1. The van der Waals surface area contributed by atoms with Crippen LogP contribution in [0.4, 0.5) is 0 Å². The van der Waals surface area contributed by atoms with Crippen LogP contribution in [-0.2, 0) is 11.8 Å². The summed E-state index contributed by atoms with van der Waals surface area (Å²) >= 11 is 0. The maximum atomic E-state index is 11.3. The summed E-state index contributed by atoms with van der Waals surface area (Å²) < 4.78 is 1.61. The molecule has 0 radical (unpaired) electrons. The van der Waals surface area contributed by atoms with E-state index in [0.717, 1.165) is 5.56 Å². The standard InChI is InChI=1S/C12H12N2O2/c1-14-8-7-10(13-14)11(12(15)16)9-5-3-2-4-6-9/h2-8,11H,1H3,(H,15,16). The van der Waals surface area contributed by atoms with Gasteiger partial charge in [-0.2, -0.15) is 5.10 Å². The monoisotopic (exact) mass is 216 g/mol. The highest BCUT2D eigenvalue weighted by atomic mass is 16.4. The zero-order valence-corrected chi connectivity index (χ0v) is 8.87. The van der Waals surface area contributed by atoms with E-state index in [4.69, 9.17) is 0 Å². The second kappa shape index (κ2) is 4.18. The smallest absolute Gasteiger partial charge is 0.317 e. The molecule has 0 aliphatic rings. The predicted molar refractivity (Wildman–Crippen MR) is 59.1 cm³/mol. The number of aryl methyl sites for hydroxylation is 1. The number of hydrogen-bond donors (Lipinski definition) is 1. The minimum atomic E-state index is -0.884. The molecule has 0 bridgehead atoms. The van der Waals surface area contributed by atoms with Crippen LogP contribution in [0, 0.1) is 0 Å². The van der Waals surface area contributed by atoms with E-state index in [9.17, 15) is 9.90 Å². The average Bonchev–Trinajstić information content (AvgIpc) is 2.66. The normalized spacial score (nSPS) is 12.3. The summed E-state index contributed by atoms with van der Waals surface area (Å²) in [6.45, 7) is 0. The van der Waals surface area contributed by atoms with Crippen molar-refractivity contribution in [1.29, 1.82) is 0 Å². The van der Waals surface area contributed by atoms with Gasteiger partial charge in [0, 0.05) is 13.2 Å². The molecule has 1 N–H and O–H groups in total. The number of carbonyl (C=O) groups is 1. The van der Waals surface area contributed by atoms with E-state index in [1.54, 1.807) is 36.1 Å². The number of carboxylic acids is 1. The van der Waals surface area contributed by atoms with Crippen molar-refractivity contribution in [2.45, 2.75) is 5.92 Å². The Hall–Kier alpha value is -2.10. The molecule has 2 rings (SSSR count). The lowest BCUT2D eigenvalue weighted by atomic mass is 9.96. The van der Waals surface area contributed by atoms with Gasteiger partial charge in [0.1, 0.15) is 5.92 Å². The van der Waals surface area contributed by atoms with Crippen molar-refractivity contribution in [3.05, 3.63) is 53.9 Å². The van der Waals surface area contributed by atoms with Crippen molar-refractivity contribution in [1.82, 2.24) is 9.78 Å². The first-order valence-electron chi connectivity index (χ1n) is 4.96. The largest absolute Gasteiger partial charge is 0.480 e. The molecule has 4 nitrogen and oxygen atoms in total. The van der Waals surface area contributed by atoms with Gasteiger partial charge in [0.05, 0.1) is 5.69 Å². The van der Waals surface area contributed by atoms with Gasteiger partial charge in [-0.05, 0) is 11.6 Å². The molecule has 1 aromatic carbocycles. The summed E-state index contributed by atoms with van der Waals surface area (Å²) in [6.07, 6.45) is 1.74.